The lowest BCUT2D eigenvalue weighted by molar-refractivity contribution is 0.179. The van der Waals surface area contributed by atoms with E-state index in [4.69, 9.17) is 9.47 Å². The Kier molecular flexibility index (Phi) is 2.33. The van der Waals surface area contributed by atoms with Crippen molar-refractivity contribution in [1.82, 2.24) is 0 Å². The summed E-state index contributed by atoms with van der Waals surface area (Å²) in [6.45, 7) is 0. The average molecular weight is 194 g/mol. The second-order valence-corrected chi connectivity index (χ2v) is 3.46. The summed E-state index contributed by atoms with van der Waals surface area (Å²) in [5.74, 6) is 1.42. The second kappa shape index (κ2) is 3.50. The van der Waals surface area contributed by atoms with Crippen LogP contribution in [0, 0.1) is 0 Å². The molecular formula is C11H14O3. The van der Waals surface area contributed by atoms with E-state index in [1.807, 2.05) is 12.1 Å². The molecule has 0 aromatic heterocycles. The van der Waals surface area contributed by atoms with Gasteiger partial charge in [-0.3, -0.25) is 0 Å². The SMILES string of the molecule is COc1cc2c(cc1OC)C(O)CC2. The van der Waals surface area contributed by atoms with E-state index in [-0.39, 0.29) is 6.10 Å². The van der Waals surface area contributed by atoms with Crippen molar-refractivity contribution < 1.29 is 14.6 Å². The van der Waals surface area contributed by atoms with Crippen LogP contribution in [0.5, 0.6) is 11.5 Å². The highest BCUT2D eigenvalue weighted by Gasteiger charge is 2.22. The van der Waals surface area contributed by atoms with Gasteiger partial charge >= 0.3 is 0 Å². The Morgan fingerprint density at radius 2 is 1.86 bits per heavy atom. The Morgan fingerprint density at radius 1 is 1.21 bits per heavy atom. The minimum Gasteiger partial charge on any atom is -0.493 e. The molecule has 2 rings (SSSR count). The molecule has 1 aliphatic rings. The van der Waals surface area contributed by atoms with Crippen molar-refractivity contribution in [3.05, 3.63) is 23.3 Å². The lowest BCUT2D eigenvalue weighted by Crippen LogP contribution is -1.95. The van der Waals surface area contributed by atoms with Crippen molar-refractivity contribution in [2.45, 2.75) is 18.9 Å². The molecule has 76 valence electrons. The normalized spacial score (nSPS) is 19.2. The minimum atomic E-state index is -0.343. The van der Waals surface area contributed by atoms with Gasteiger partial charge in [-0.05, 0) is 36.1 Å². The molecule has 0 aliphatic heterocycles. The topological polar surface area (TPSA) is 38.7 Å². The number of aryl methyl sites for hydroxylation is 1. The lowest BCUT2D eigenvalue weighted by atomic mass is 10.1. The van der Waals surface area contributed by atoms with Crippen molar-refractivity contribution in [2.24, 2.45) is 0 Å². The summed E-state index contributed by atoms with van der Waals surface area (Å²) in [4.78, 5) is 0. The van der Waals surface area contributed by atoms with Gasteiger partial charge in [-0.1, -0.05) is 0 Å². The fourth-order valence-electron chi connectivity index (χ4n) is 1.91. The molecule has 14 heavy (non-hydrogen) atoms. The molecule has 0 saturated heterocycles. The predicted octanol–water partition coefficient (Wildman–Crippen LogP) is 1.68. The first kappa shape index (κ1) is 9.34. The van der Waals surface area contributed by atoms with E-state index in [1.165, 1.54) is 0 Å². The van der Waals surface area contributed by atoms with Crippen LogP contribution in [0.2, 0.25) is 0 Å². The minimum absolute atomic E-state index is 0.343. The maximum Gasteiger partial charge on any atom is 0.161 e. The molecule has 0 saturated carbocycles. The number of aliphatic hydroxyl groups excluding tert-OH is 1. The molecule has 0 bridgehead atoms. The summed E-state index contributed by atoms with van der Waals surface area (Å²) < 4.78 is 10.4. The molecule has 0 amide bonds. The smallest absolute Gasteiger partial charge is 0.161 e. The molecule has 0 heterocycles. The molecule has 1 unspecified atom stereocenters. The van der Waals surface area contributed by atoms with Crippen molar-refractivity contribution in [3.63, 3.8) is 0 Å². The van der Waals surface area contributed by atoms with Crippen molar-refractivity contribution in [2.75, 3.05) is 14.2 Å². The Hall–Kier alpha value is -1.22. The van der Waals surface area contributed by atoms with E-state index in [0.29, 0.717) is 5.75 Å². The van der Waals surface area contributed by atoms with Gasteiger partial charge in [-0.15, -0.1) is 0 Å². The summed E-state index contributed by atoms with van der Waals surface area (Å²) >= 11 is 0. The molecule has 0 radical (unpaired) electrons. The molecule has 1 atom stereocenters. The van der Waals surface area contributed by atoms with Gasteiger partial charge in [0.25, 0.3) is 0 Å². The maximum absolute atomic E-state index is 9.67. The van der Waals surface area contributed by atoms with Crippen molar-refractivity contribution >= 4 is 0 Å². The Bertz CT molecular complexity index is 346. The molecule has 1 aromatic carbocycles. The fraction of sp³-hybridized carbons (Fsp3) is 0.455. The third-order valence-corrected chi connectivity index (χ3v) is 2.69. The van der Waals surface area contributed by atoms with Gasteiger partial charge in [0.1, 0.15) is 0 Å². The van der Waals surface area contributed by atoms with Crippen LogP contribution in [0.25, 0.3) is 0 Å². The van der Waals surface area contributed by atoms with E-state index in [0.717, 1.165) is 29.7 Å². The average Bonchev–Trinajstić information content (AvgIpc) is 2.58. The predicted molar refractivity (Wildman–Crippen MR) is 52.8 cm³/mol. The van der Waals surface area contributed by atoms with Gasteiger partial charge in [-0.25, -0.2) is 0 Å². The summed E-state index contributed by atoms with van der Waals surface area (Å²) in [5.41, 5.74) is 2.14. The molecule has 1 aromatic rings. The van der Waals surface area contributed by atoms with Gasteiger partial charge in [0.05, 0.1) is 20.3 Å². The third-order valence-electron chi connectivity index (χ3n) is 2.69. The van der Waals surface area contributed by atoms with Gasteiger partial charge in [0.2, 0.25) is 0 Å². The fourth-order valence-corrected chi connectivity index (χ4v) is 1.91. The largest absolute Gasteiger partial charge is 0.493 e. The van der Waals surface area contributed by atoms with Crippen LogP contribution >= 0.6 is 0 Å². The lowest BCUT2D eigenvalue weighted by Gasteiger charge is -2.11. The van der Waals surface area contributed by atoms with Crippen molar-refractivity contribution in [3.8, 4) is 11.5 Å². The van der Waals surface area contributed by atoms with Crippen LogP contribution in [0.4, 0.5) is 0 Å². The first-order chi connectivity index (χ1) is 6.76. The van der Waals surface area contributed by atoms with Crippen molar-refractivity contribution in [1.29, 1.82) is 0 Å². The zero-order chi connectivity index (χ0) is 10.1. The maximum atomic E-state index is 9.67. The summed E-state index contributed by atoms with van der Waals surface area (Å²) in [6, 6.07) is 3.82. The van der Waals surface area contributed by atoms with Crippen LogP contribution in [0.3, 0.4) is 0 Å². The summed E-state index contributed by atoms with van der Waals surface area (Å²) in [7, 11) is 3.22. The molecule has 1 aliphatic carbocycles. The van der Waals surface area contributed by atoms with Gasteiger partial charge in [0, 0.05) is 0 Å². The monoisotopic (exact) mass is 194 g/mol. The number of methoxy groups -OCH3 is 2. The highest BCUT2D eigenvalue weighted by atomic mass is 16.5. The number of hydrogen-bond donors (Lipinski definition) is 1. The highest BCUT2D eigenvalue weighted by molar-refractivity contribution is 5.49. The van der Waals surface area contributed by atoms with Crippen LogP contribution in [0.15, 0.2) is 12.1 Å². The zero-order valence-electron chi connectivity index (χ0n) is 8.41. The quantitative estimate of drug-likeness (QED) is 0.778. The van der Waals surface area contributed by atoms with Gasteiger partial charge in [-0.2, -0.15) is 0 Å². The first-order valence-electron chi connectivity index (χ1n) is 4.69. The van der Waals surface area contributed by atoms with Gasteiger partial charge < -0.3 is 14.6 Å². The Morgan fingerprint density at radius 3 is 2.50 bits per heavy atom. The number of fused-ring (bicyclic) bond motifs is 1. The molecule has 3 heteroatoms. The van der Waals surface area contributed by atoms with Gasteiger partial charge in [0.15, 0.2) is 11.5 Å². The molecule has 1 N–H and O–H groups in total. The zero-order valence-corrected chi connectivity index (χ0v) is 8.41. The Labute approximate surface area is 83.3 Å². The third kappa shape index (κ3) is 1.34. The number of ether oxygens (including phenoxy) is 2. The highest BCUT2D eigenvalue weighted by Crippen LogP contribution is 2.38. The number of hydrogen-bond acceptors (Lipinski definition) is 3. The van der Waals surface area contributed by atoms with Crippen LogP contribution < -0.4 is 9.47 Å². The second-order valence-electron chi connectivity index (χ2n) is 3.46. The molecule has 0 spiro atoms. The molecular weight excluding hydrogens is 180 g/mol. The standard InChI is InChI=1S/C11H14O3/c1-13-10-5-7-3-4-9(12)8(7)6-11(10)14-2/h5-6,9,12H,3-4H2,1-2H3. The summed E-state index contributed by atoms with van der Waals surface area (Å²) in [6.07, 6.45) is 1.37. The van der Waals surface area contributed by atoms with Crippen LogP contribution in [0.1, 0.15) is 23.7 Å². The van der Waals surface area contributed by atoms with E-state index in [2.05, 4.69) is 0 Å². The van der Waals surface area contributed by atoms with Crippen LogP contribution in [-0.2, 0) is 6.42 Å². The summed E-state index contributed by atoms with van der Waals surface area (Å²) in [5, 5.41) is 9.67. The first-order valence-corrected chi connectivity index (χ1v) is 4.69. The van der Waals surface area contributed by atoms with Crippen LogP contribution in [-0.4, -0.2) is 19.3 Å². The number of benzene rings is 1. The molecule has 0 fully saturated rings. The van der Waals surface area contributed by atoms with E-state index in [9.17, 15) is 5.11 Å². The number of aliphatic hydroxyl groups is 1. The number of rotatable bonds is 2. The van der Waals surface area contributed by atoms with E-state index in [1.54, 1.807) is 14.2 Å². The Balaban J connectivity index is 2.49. The van der Waals surface area contributed by atoms with E-state index < -0.39 is 0 Å². The van der Waals surface area contributed by atoms with E-state index >= 15 is 0 Å². The molecule has 3 nitrogen and oxygen atoms in total.